The summed E-state index contributed by atoms with van der Waals surface area (Å²) >= 11 is 0. The van der Waals surface area contributed by atoms with Crippen molar-refractivity contribution in [2.24, 2.45) is 34.5 Å². The third kappa shape index (κ3) is 2.82. The van der Waals surface area contributed by atoms with Crippen molar-refractivity contribution in [1.29, 1.82) is 0 Å². The van der Waals surface area contributed by atoms with Gasteiger partial charge in [0.1, 0.15) is 0 Å². The van der Waals surface area contributed by atoms with Gasteiger partial charge in [0.15, 0.2) is 0 Å². The molecule has 1 N–H and O–H groups in total. The Morgan fingerprint density at radius 1 is 1.10 bits per heavy atom. The van der Waals surface area contributed by atoms with Crippen LogP contribution in [0.2, 0.25) is 0 Å². The van der Waals surface area contributed by atoms with Crippen LogP contribution in [0.25, 0.3) is 6.08 Å². The fourth-order valence-electron chi connectivity index (χ4n) is 8.42. The van der Waals surface area contributed by atoms with Crippen molar-refractivity contribution < 1.29 is 5.11 Å². The van der Waals surface area contributed by atoms with Gasteiger partial charge in [0, 0.05) is 23.2 Å². The Morgan fingerprint density at radius 2 is 1.93 bits per heavy atom. The highest BCUT2D eigenvalue weighted by Gasteiger charge is 2.60. The summed E-state index contributed by atoms with van der Waals surface area (Å²) in [5, 5.41) is 16.0. The Hall–Kier alpha value is -1.09. The third-order valence-electron chi connectivity index (χ3n) is 10.2. The number of hydrogen-bond donors (Lipinski definition) is 1. The lowest BCUT2D eigenvalue weighted by Crippen LogP contribution is -2.53. The Balaban J connectivity index is 1.45. The third-order valence-corrected chi connectivity index (χ3v) is 10.2. The Bertz CT molecular complexity index is 810. The summed E-state index contributed by atoms with van der Waals surface area (Å²) in [6.07, 6.45) is 16.3. The lowest BCUT2D eigenvalue weighted by Gasteiger charge is -2.60. The lowest BCUT2D eigenvalue weighted by atomic mass is 9.45. The fourth-order valence-corrected chi connectivity index (χ4v) is 8.42. The highest BCUT2D eigenvalue weighted by molar-refractivity contribution is 5.57. The Kier molecular flexibility index (Phi) is 4.77. The van der Waals surface area contributed by atoms with E-state index in [1.165, 1.54) is 68.2 Å². The molecule has 7 atom stereocenters. The predicted octanol–water partition coefficient (Wildman–Crippen LogP) is 6.00. The van der Waals surface area contributed by atoms with Crippen LogP contribution in [0.5, 0.6) is 0 Å². The first kappa shape index (κ1) is 19.8. The van der Waals surface area contributed by atoms with Gasteiger partial charge in [0.2, 0.25) is 0 Å². The van der Waals surface area contributed by atoms with E-state index in [9.17, 15) is 5.11 Å². The van der Waals surface area contributed by atoms with Gasteiger partial charge in [0.25, 0.3) is 0 Å². The molecular formula is C26H40N2O. The monoisotopic (exact) mass is 396 g/mol. The molecule has 5 rings (SSSR count). The van der Waals surface area contributed by atoms with Gasteiger partial charge in [0.05, 0.1) is 12.3 Å². The van der Waals surface area contributed by atoms with Gasteiger partial charge >= 0.3 is 0 Å². The van der Waals surface area contributed by atoms with Crippen molar-refractivity contribution in [3.05, 3.63) is 23.0 Å². The van der Waals surface area contributed by atoms with Crippen molar-refractivity contribution in [1.82, 2.24) is 9.78 Å². The highest BCUT2D eigenvalue weighted by atomic mass is 16.3. The predicted molar refractivity (Wildman–Crippen MR) is 118 cm³/mol. The Morgan fingerprint density at radius 3 is 2.69 bits per heavy atom. The van der Waals surface area contributed by atoms with Gasteiger partial charge in [-0.1, -0.05) is 26.7 Å². The molecule has 160 valence electrons. The van der Waals surface area contributed by atoms with Crippen molar-refractivity contribution in [2.75, 3.05) is 0 Å². The van der Waals surface area contributed by atoms with Crippen LogP contribution in [0.15, 0.2) is 11.8 Å². The zero-order chi connectivity index (χ0) is 20.4. The minimum atomic E-state index is -0.283. The summed E-state index contributed by atoms with van der Waals surface area (Å²) in [6.45, 7) is 10.2. The van der Waals surface area contributed by atoms with E-state index in [-0.39, 0.29) is 11.5 Å². The van der Waals surface area contributed by atoms with Crippen LogP contribution in [-0.4, -0.2) is 21.0 Å². The van der Waals surface area contributed by atoms with Crippen LogP contribution in [0.4, 0.5) is 0 Å². The van der Waals surface area contributed by atoms with Gasteiger partial charge in [-0.3, -0.25) is 4.68 Å². The molecule has 29 heavy (non-hydrogen) atoms. The van der Waals surface area contributed by atoms with E-state index in [2.05, 4.69) is 43.6 Å². The highest BCUT2D eigenvalue weighted by Crippen LogP contribution is 2.67. The van der Waals surface area contributed by atoms with Gasteiger partial charge < -0.3 is 5.11 Å². The average molecular weight is 397 g/mol. The minimum absolute atomic E-state index is 0.0690. The molecule has 4 aliphatic carbocycles. The van der Waals surface area contributed by atoms with Crippen LogP contribution in [-0.2, 0) is 6.54 Å². The molecule has 0 aromatic carbocycles. The first-order chi connectivity index (χ1) is 13.9. The van der Waals surface area contributed by atoms with Crippen LogP contribution < -0.4 is 0 Å². The van der Waals surface area contributed by atoms with Gasteiger partial charge in [-0.25, -0.2) is 0 Å². The summed E-state index contributed by atoms with van der Waals surface area (Å²) < 4.78 is 2.06. The van der Waals surface area contributed by atoms with E-state index in [1.807, 2.05) is 6.20 Å². The standard InChI is InChI=1S/C26H40N2O/c1-5-28-17(2)19(16-27-28)14-18-15-23-21-10-9-20-8-6-7-12-25(20,3)22(21)11-13-26(23,4)24(18)29/h14,16,20-24,29H,5-13,15H2,1-4H3/b18-14-. The largest absolute Gasteiger partial charge is 0.388 e. The van der Waals surface area contributed by atoms with Crippen molar-refractivity contribution in [2.45, 2.75) is 98.1 Å². The number of nitrogens with zero attached hydrogens (tertiary/aromatic N) is 2. The normalized spacial score (nSPS) is 45.7. The summed E-state index contributed by atoms with van der Waals surface area (Å²) in [5.74, 6) is 3.32. The maximum absolute atomic E-state index is 11.5. The van der Waals surface area contributed by atoms with E-state index < -0.39 is 0 Å². The van der Waals surface area contributed by atoms with Crippen LogP contribution >= 0.6 is 0 Å². The molecule has 0 spiro atoms. The van der Waals surface area contributed by atoms with Gasteiger partial charge in [-0.15, -0.1) is 0 Å². The summed E-state index contributed by atoms with van der Waals surface area (Å²) in [4.78, 5) is 0. The van der Waals surface area contributed by atoms with Crippen LogP contribution in [0.1, 0.15) is 89.8 Å². The number of aliphatic hydroxyl groups is 1. The van der Waals surface area contributed by atoms with E-state index in [1.54, 1.807) is 0 Å². The average Bonchev–Trinajstić information content (AvgIpc) is 3.19. The molecule has 0 aliphatic heterocycles. The smallest absolute Gasteiger partial charge is 0.0809 e. The molecular weight excluding hydrogens is 356 g/mol. The molecule has 3 nitrogen and oxygen atoms in total. The molecule has 4 fully saturated rings. The van der Waals surface area contributed by atoms with E-state index >= 15 is 0 Å². The molecule has 0 bridgehead atoms. The second kappa shape index (κ2) is 6.97. The summed E-state index contributed by atoms with van der Waals surface area (Å²) in [5.41, 5.74) is 4.33. The first-order valence-electron chi connectivity index (χ1n) is 12.3. The van der Waals surface area contributed by atoms with Crippen LogP contribution in [0.3, 0.4) is 0 Å². The second-order valence-electron chi connectivity index (χ2n) is 11.3. The molecule has 4 saturated carbocycles. The van der Waals surface area contributed by atoms with Crippen molar-refractivity contribution >= 4 is 6.08 Å². The van der Waals surface area contributed by atoms with E-state index in [0.717, 1.165) is 30.7 Å². The maximum Gasteiger partial charge on any atom is 0.0809 e. The molecule has 0 amide bonds. The zero-order valence-corrected chi connectivity index (χ0v) is 19.0. The number of aryl methyl sites for hydroxylation is 1. The number of rotatable bonds is 2. The molecule has 0 radical (unpaired) electrons. The molecule has 0 saturated heterocycles. The molecule has 1 heterocycles. The topological polar surface area (TPSA) is 38.0 Å². The molecule has 1 aromatic rings. The van der Waals surface area contributed by atoms with Crippen molar-refractivity contribution in [3.8, 4) is 0 Å². The van der Waals surface area contributed by atoms with E-state index in [4.69, 9.17) is 0 Å². The van der Waals surface area contributed by atoms with Crippen molar-refractivity contribution in [3.63, 3.8) is 0 Å². The second-order valence-corrected chi connectivity index (χ2v) is 11.3. The minimum Gasteiger partial charge on any atom is -0.388 e. The molecule has 4 aliphatic rings. The van der Waals surface area contributed by atoms with Gasteiger partial charge in [-0.2, -0.15) is 5.10 Å². The summed E-state index contributed by atoms with van der Waals surface area (Å²) in [7, 11) is 0. The fraction of sp³-hybridized carbons (Fsp3) is 0.808. The Labute approximate surface area is 177 Å². The lowest BCUT2D eigenvalue weighted by molar-refractivity contribution is -0.119. The van der Waals surface area contributed by atoms with Gasteiger partial charge in [-0.05, 0) is 99.5 Å². The van der Waals surface area contributed by atoms with E-state index in [0.29, 0.717) is 11.3 Å². The number of hydrogen-bond acceptors (Lipinski definition) is 2. The molecule has 1 aromatic heterocycles. The first-order valence-corrected chi connectivity index (χ1v) is 12.3. The molecule has 3 heteroatoms. The number of aliphatic hydroxyl groups excluding tert-OH is 1. The SMILES string of the molecule is CCn1ncc(/C=C2/CC3C4CCC5CCCCC5(C)C4CCC3(C)C2O)c1C. The quantitative estimate of drug-likeness (QED) is 0.666. The zero-order valence-electron chi connectivity index (χ0n) is 19.0. The maximum atomic E-state index is 11.5. The van der Waals surface area contributed by atoms with Crippen LogP contribution in [0, 0.1) is 41.4 Å². The molecule has 7 unspecified atom stereocenters. The number of aromatic nitrogens is 2. The summed E-state index contributed by atoms with van der Waals surface area (Å²) in [6, 6.07) is 0. The number of fused-ring (bicyclic) bond motifs is 5.